The summed E-state index contributed by atoms with van der Waals surface area (Å²) in [6.45, 7) is 1.87. The summed E-state index contributed by atoms with van der Waals surface area (Å²) in [5.41, 5.74) is 0.721. The zero-order valence-electron chi connectivity index (χ0n) is 13.1. The normalized spacial score (nSPS) is 25.3. The molecule has 1 saturated carbocycles. The molecule has 2 unspecified atom stereocenters. The van der Waals surface area contributed by atoms with E-state index in [-0.39, 0.29) is 0 Å². The lowest BCUT2D eigenvalue weighted by molar-refractivity contribution is 0.0466. The summed E-state index contributed by atoms with van der Waals surface area (Å²) in [4.78, 5) is 11.1. The lowest BCUT2D eigenvalue weighted by Crippen LogP contribution is -2.46. The molecule has 0 spiro atoms. The Balaban J connectivity index is 1.50. The Kier molecular flexibility index (Phi) is 4.31. The molecule has 0 bridgehead atoms. The number of fused-ring (bicyclic) bond motifs is 1. The highest BCUT2D eigenvalue weighted by atomic mass is 35.5. The van der Waals surface area contributed by atoms with Crippen molar-refractivity contribution < 1.29 is 4.52 Å². The maximum atomic E-state index is 6.11. The van der Waals surface area contributed by atoms with Crippen molar-refractivity contribution >= 4 is 11.6 Å². The van der Waals surface area contributed by atoms with Gasteiger partial charge in [0.25, 0.3) is 0 Å². The SMILES string of the molecule is Clc1ncccc1-c1noc(CN2CCCC3CCCCC32)n1. The van der Waals surface area contributed by atoms with Crippen LogP contribution in [0.1, 0.15) is 44.4 Å². The second kappa shape index (κ2) is 6.57. The van der Waals surface area contributed by atoms with E-state index in [2.05, 4.69) is 20.0 Å². The summed E-state index contributed by atoms with van der Waals surface area (Å²) in [5, 5.41) is 4.49. The fourth-order valence-electron chi connectivity index (χ4n) is 4.08. The summed E-state index contributed by atoms with van der Waals surface area (Å²) in [5.74, 6) is 2.05. The van der Waals surface area contributed by atoms with Crippen LogP contribution in [0.4, 0.5) is 0 Å². The number of piperidine rings is 1. The minimum atomic E-state index is 0.408. The van der Waals surface area contributed by atoms with Gasteiger partial charge in [-0.1, -0.05) is 29.6 Å². The monoisotopic (exact) mass is 332 g/mol. The fourth-order valence-corrected chi connectivity index (χ4v) is 4.28. The number of hydrogen-bond acceptors (Lipinski definition) is 5. The fraction of sp³-hybridized carbons (Fsp3) is 0.588. The van der Waals surface area contributed by atoms with Crippen molar-refractivity contribution in [3.8, 4) is 11.4 Å². The third kappa shape index (κ3) is 3.12. The Morgan fingerprint density at radius 1 is 1.22 bits per heavy atom. The van der Waals surface area contributed by atoms with E-state index < -0.39 is 0 Å². The predicted molar refractivity (Wildman–Crippen MR) is 87.9 cm³/mol. The Bertz CT molecular complexity index is 672. The van der Waals surface area contributed by atoms with Gasteiger partial charge < -0.3 is 4.52 Å². The van der Waals surface area contributed by atoms with Gasteiger partial charge in [0.1, 0.15) is 5.15 Å². The van der Waals surface area contributed by atoms with Gasteiger partial charge in [-0.3, -0.25) is 4.90 Å². The molecular formula is C17H21ClN4O. The van der Waals surface area contributed by atoms with E-state index in [1.807, 2.05) is 12.1 Å². The van der Waals surface area contributed by atoms with Crippen LogP contribution in [0, 0.1) is 5.92 Å². The standard InChI is InChI=1S/C17H21ClN4O/c18-16-13(7-3-9-19-16)17-20-15(23-21-17)11-22-10-4-6-12-5-1-2-8-14(12)22/h3,7,9,12,14H,1-2,4-6,8,10-11H2. The number of hydrogen-bond donors (Lipinski definition) is 0. The molecule has 1 aliphatic heterocycles. The highest BCUT2D eigenvalue weighted by Gasteiger charge is 2.33. The number of aromatic nitrogens is 3. The van der Waals surface area contributed by atoms with Crippen LogP contribution in [0.15, 0.2) is 22.9 Å². The number of rotatable bonds is 3. The van der Waals surface area contributed by atoms with Crippen LogP contribution >= 0.6 is 11.6 Å². The Morgan fingerprint density at radius 3 is 3.00 bits per heavy atom. The second-order valence-corrected chi connectivity index (χ2v) is 6.94. The zero-order valence-corrected chi connectivity index (χ0v) is 13.9. The van der Waals surface area contributed by atoms with Gasteiger partial charge in [0.2, 0.25) is 11.7 Å². The molecule has 2 aliphatic rings. The van der Waals surface area contributed by atoms with Crippen molar-refractivity contribution in [1.29, 1.82) is 0 Å². The maximum absolute atomic E-state index is 6.11. The molecule has 23 heavy (non-hydrogen) atoms. The van der Waals surface area contributed by atoms with Gasteiger partial charge in [0.05, 0.1) is 12.1 Å². The average Bonchev–Trinajstić information content (AvgIpc) is 3.04. The van der Waals surface area contributed by atoms with Crippen LogP contribution in [-0.4, -0.2) is 32.6 Å². The average molecular weight is 333 g/mol. The summed E-state index contributed by atoms with van der Waals surface area (Å²) in [6.07, 6.45) is 9.72. The highest BCUT2D eigenvalue weighted by Crippen LogP contribution is 2.36. The predicted octanol–water partition coefficient (Wildman–Crippen LogP) is 3.94. The van der Waals surface area contributed by atoms with Crippen LogP contribution in [0.3, 0.4) is 0 Å². The van der Waals surface area contributed by atoms with Crippen LogP contribution in [-0.2, 0) is 6.54 Å². The minimum absolute atomic E-state index is 0.408. The van der Waals surface area contributed by atoms with Crippen molar-refractivity contribution in [2.24, 2.45) is 5.92 Å². The van der Waals surface area contributed by atoms with Crippen molar-refractivity contribution in [1.82, 2.24) is 20.0 Å². The first-order valence-electron chi connectivity index (χ1n) is 8.49. The van der Waals surface area contributed by atoms with Gasteiger partial charge >= 0.3 is 0 Å². The lowest BCUT2D eigenvalue weighted by atomic mass is 9.78. The van der Waals surface area contributed by atoms with E-state index >= 15 is 0 Å². The Hall–Kier alpha value is -1.46. The van der Waals surface area contributed by atoms with Gasteiger partial charge in [-0.05, 0) is 50.3 Å². The van der Waals surface area contributed by atoms with Crippen LogP contribution in [0.5, 0.6) is 0 Å². The molecular weight excluding hydrogens is 312 g/mol. The molecule has 0 N–H and O–H groups in total. The highest BCUT2D eigenvalue weighted by molar-refractivity contribution is 6.31. The summed E-state index contributed by atoms with van der Waals surface area (Å²) in [6, 6.07) is 4.38. The molecule has 2 fully saturated rings. The first-order chi connectivity index (χ1) is 11.3. The van der Waals surface area contributed by atoms with E-state index in [9.17, 15) is 0 Å². The molecule has 0 radical (unpaired) electrons. The van der Waals surface area contributed by atoms with Gasteiger partial charge in [-0.25, -0.2) is 4.98 Å². The smallest absolute Gasteiger partial charge is 0.241 e. The Morgan fingerprint density at radius 2 is 2.09 bits per heavy atom. The van der Waals surface area contributed by atoms with Crippen molar-refractivity contribution in [2.45, 2.75) is 51.1 Å². The third-order valence-corrected chi connectivity index (χ3v) is 5.47. The molecule has 2 aromatic heterocycles. The number of nitrogens with zero attached hydrogens (tertiary/aromatic N) is 4. The quantitative estimate of drug-likeness (QED) is 0.797. The van der Waals surface area contributed by atoms with Gasteiger partial charge in [0.15, 0.2) is 0 Å². The van der Waals surface area contributed by atoms with E-state index in [1.54, 1.807) is 6.20 Å². The van der Waals surface area contributed by atoms with Crippen LogP contribution < -0.4 is 0 Å². The minimum Gasteiger partial charge on any atom is -0.338 e. The van der Waals surface area contributed by atoms with Gasteiger partial charge in [-0.15, -0.1) is 0 Å². The third-order valence-electron chi connectivity index (χ3n) is 5.16. The second-order valence-electron chi connectivity index (χ2n) is 6.58. The maximum Gasteiger partial charge on any atom is 0.241 e. The van der Waals surface area contributed by atoms with Crippen molar-refractivity contribution in [2.75, 3.05) is 6.54 Å². The first-order valence-corrected chi connectivity index (χ1v) is 8.86. The molecule has 2 aromatic rings. The summed E-state index contributed by atoms with van der Waals surface area (Å²) in [7, 11) is 0. The van der Waals surface area contributed by atoms with Crippen molar-refractivity contribution in [3.63, 3.8) is 0 Å². The van der Waals surface area contributed by atoms with Crippen molar-refractivity contribution in [3.05, 3.63) is 29.4 Å². The first kappa shape index (κ1) is 15.1. The van der Waals surface area contributed by atoms with E-state index in [0.29, 0.717) is 22.9 Å². The topological polar surface area (TPSA) is 55.1 Å². The molecule has 1 aliphatic carbocycles. The summed E-state index contributed by atoms with van der Waals surface area (Å²) < 4.78 is 5.47. The van der Waals surface area contributed by atoms with Gasteiger partial charge in [-0.2, -0.15) is 4.98 Å². The van der Waals surface area contributed by atoms with E-state index in [0.717, 1.165) is 24.6 Å². The van der Waals surface area contributed by atoms with Gasteiger partial charge in [0, 0.05) is 12.2 Å². The molecule has 0 amide bonds. The summed E-state index contributed by atoms with van der Waals surface area (Å²) >= 11 is 6.11. The zero-order chi connectivity index (χ0) is 15.6. The largest absolute Gasteiger partial charge is 0.338 e. The molecule has 2 atom stereocenters. The molecule has 6 heteroatoms. The molecule has 4 rings (SSSR count). The molecule has 3 heterocycles. The Labute approximate surface area is 141 Å². The molecule has 122 valence electrons. The molecule has 1 saturated heterocycles. The van der Waals surface area contributed by atoms with E-state index in [4.69, 9.17) is 16.1 Å². The van der Waals surface area contributed by atoms with Crippen LogP contribution in [0.2, 0.25) is 5.15 Å². The van der Waals surface area contributed by atoms with E-state index in [1.165, 1.54) is 38.5 Å². The number of likely N-dealkylation sites (tertiary alicyclic amines) is 1. The molecule has 5 nitrogen and oxygen atoms in total. The van der Waals surface area contributed by atoms with Crippen LogP contribution in [0.25, 0.3) is 11.4 Å². The number of pyridine rings is 1. The lowest BCUT2D eigenvalue weighted by Gasteiger charge is -2.43. The number of halogens is 1. The molecule has 0 aromatic carbocycles.